The number of carbonyl (C=O) groups excluding carboxylic acids is 1. The van der Waals surface area contributed by atoms with Gasteiger partial charge in [-0.25, -0.2) is 5.84 Å². The lowest BCUT2D eigenvalue weighted by Gasteiger charge is -2.05. The second kappa shape index (κ2) is 3.69. The summed E-state index contributed by atoms with van der Waals surface area (Å²) in [5, 5.41) is 0. The molecule has 0 aliphatic carbocycles. The normalized spacial score (nSPS) is 12.6. The lowest BCUT2D eigenvalue weighted by atomic mass is 10.1. The first-order valence-electron chi connectivity index (χ1n) is 3.72. The molecule has 1 aromatic rings. The Labute approximate surface area is 75.6 Å². The fraction of sp³-hybridized carbons (Fsp3) is 0.375. The Morgan fingerprint density at radius 1 is 1.67 bits per heavy atom. The minimum absolute atomic E-state index is 0.142. The zero-order valence-electron chi connectivity index (χ0n) is 7.13. The molecule has 1 aromatic heterocycles. The van der Waals surface area contributed by atoms with Gasteiger partial charge in [0.1, 0.15) is 0 Å². The topological polar surface area (TPSA) is 55.1 Å². The molecule has 1 atom stereocenters. The highest BCUT2D eigenvalue weighted by Crippen LogP contribution is 2.23. The molecule has 1 heterocycles. The summed E-state index contributed by atoms with van der Waals surface area (Å²) in [5.74, 6) is 4.74. The summed E-state index contributed by atoms with van der Waals surface area (Å²) in [7, 11) is 0. The van der Waals surface area contributed by atoms with E-state index in [0.717, 1.165) is 4.88 Å². The first-order valence-corrected chi connectivity index (χ1v) is 4.53. The van der Waals surface area contributed by atoms with Gasteiger partial charge in [-0.2, -0.15) is 0 Å². The van der Waals surface area contributed by atoms with Gasteiger partial charge >= 0.3 is 0 Å². The fourth-order valence-electron chi connectivity index (χ4n) is 0.940. The van der Waals surface area contributed by atoms with Crippen molar-refractivity contribution in [1.82, 2.24) is 5.43 Å². The Bertz CT molecular complexity index is 282. The van der Waals surface area contributed by atoms with E-state index in [4.69, 9.17) is 5.84 Å². The first kappa shape index (κ1) is 9.22. The number of nitrogens with two attached hydrogens (primary N) is 1. The highest BCUT2D eigenvalue weighted by molar-refractivity contribution is 7.12. The molecular weight excluding hydrogens is 172 g/mol. The van der Waals surface area contributed by atoms with Crippen molar-refractivity contribution in [3.8, 4) is 0 Å². The van der Waals surface area contributed by atoms with Gasteiger partial charge < -0.3 is 0 Å². The van der Waals surface area contributed by atoms with Crippen molar-refractivity contribution in [3.63, 3.8) is 0 Å². The second-order valence-corrected chi connectivity index (χ2v) is 4.00. The van der Waals surface area contributed by atoms with Crippen molar-refractivity contribution in [2.75, 3.05) is 0 Å². The van der Waals surface area contributed by atoms with Crippen LogP contribution in [0.1, 0.15) is 22.6 Å². The molecule has 0 spiro atoms. The van der Waals surface area contributed by atoms with Crippen LogP contribution in [0.2, 0.25) is 0 Å². The third-order valence-corrected chi connectivity index (χ3v) is 2.91. The number of aryl methyl sites for hydroxylation is 1. The van der Waals surface area contributed by atoms with Crippen LogP contribution in [0.5, 0.6) is 0 Å². The van der Waals surface area contributed by atoms with Gasteiger partial charge in [-0.3, -0.25) is 10.2 Å². The number of rotatable bonds is 2. The molecule has 3 N–H and O–H groups in total. The van der Waals surface area contributed by atoms with Crippen LogP contribution < -0.4 is 11.3 Å². The van der Waals surface area contributed by atoms with Crippen molar-refractivity contribution < 1.29 is 4.79 Å². The van der Waals surface area contributed by atoms with Crippen molar-refractivity contribution in [3.05, 3.63) is 21.9 Å². The van der Waals surface area contributed by atoms with E-state index in [1.807, 2.05) is 26.0 Å². The maximum atomic E-state index is 11.1. The van der Waals surface area contributed by atoms with Gasteiger partial charge in [-0.05, 0) is 26.0 Å². The predicted molar refractivity (Wildman–Crippen MR) is 49.8 cm³/mol. The molecule has 0 saturated carbocycles. The van der Waals surface area contributed by atoms with Crippen LogP contribution in [0.4, 0.5) is 0 Å². The molecule has 0 aromatic carbocycles. The smallest absolute Gasteiger partial charge is 0.241 e. The molecule has 1 unspecified atom stereocenters. The van der Waals surface area contributed by atoms with Gasteiger partial charge in [0.25, 0.3) is 0 Å². The van der Waals surface area contributed by atoms with E-state index in [2.05, 4.69) is 5.43 Å². The molecule has 0 radical (unpaired) electrons. The second-order valence-electron chi connectivity index (χ2n) is 2.68. The molecule has 1 rings (SSSR count). The van der Waals surface area contributed by atoms with E-state index in [0.29, 0.717) is 0 Å². The lowest BCUT2D eigenvalue weighted by molar-refractivity contribution is -0.122. The molecule has 0 fully saturated rings. The summed E-state index contributed by atoms with van der Waals surface area (Å²) in [6.45, 7) is 3.86. The van der Waals surface area contributed by atoms with Crippen molar-refractivity contribution in [2.24, 2.45) is 5.84 Å². The molecule has 66 valence electrons. The summed E-state index contributed by atoms with van der Waals surface area (Å²) in [4.78, 5) is 13.4. The minimum Gasteiger partial charge on any atom is -0.294 e. The average Bonchev–Trinajstić information content (AvgIpc) is 2.49. The Kier molecular flexibility index (Phi) is 2.83. The highest BCUT2D eigenvalue weighted by atomic mass is 32.1. The van der Waals surface area contributed by atoms with E-state index in [9.17, 15) is 4.79 Å². The number of thiophene rings is 1. The van der Waals surface area contributed by atoms with Crippen LogP contribution in [-0.4, -0.2) is 5.91 Å². The summed E-state index contributed by atoms with van der Waals surface area (Å²) in [5.41, 5.74) is 2.14. The number of hydrogen-bond donors (Lipinski definition) is 2. The number of carbonyl (C=O) groups is 1. The molecule has 0 aliphatic rings. The third kappa shape index (κ3) is 1.84. The summed E-state index contributed by atoms with van der Waals surface area (Å²) in [6, 6.07) is 3.96. The first-order chi connectivity index (χ1) is 5.65. The monoisotopic (exact) mass is 184 g/mol. The molecule has 3 nitrogen and oxygen atoms in total. The summed E-state index contributed by atoms with van der Waals surface area (Å²) < 4.78 is 0. The Morgan fingerprint density at radius 2 is 2.33 bits per heavy atom. The molecule has 12 heavy (non-hydrogen) atoms. The van der Waals surface area contributed by atoms with Crippen LogP contribution in [0.15, 0.2) is 12.1 Å². The minimum atomic E-state index is -0.145. The fourth-order valence-corrected chi connectivity index (χ4v) is 1.87. The molecule has 0 aliphatic heterocycles. The van der Waals surface area contributed by atoms with E-state index in [1.165, 1.54) is 4.88 Å². The van der Waals surface area contributed by atoms with E-state index >= 15 is 0 Å². The Morgan fingerprint density at radius 3 is 2.75 bits per heavy atom. The van der Waals surface area contributed by atoms with Crippen LogP contribution in [0.3, 0.4) is 0 Å². The number of hydrazine groups is 1. The van der Waals surface area contributed by atoms with E-state index < -0.39 is 0 Å². The van der Waals surface area contributed by atoms with Crippen molar-refractivity contribution >= 4 is 17.2 Å². The molecular formula is C8H12N2OS. The van der Waals surface area contributed by atoms with E-state index in [1.54, 1.807) is 11.3 Å². The molecule has 1 amide bonds. The Hall–Kier alpha value is -0.870. The average molecular weight is 184 g/mol. The number of amides is 1. The van der Waals surface area contributed by atoms with Gasteiger partial charge in [0.2, 0.25) is 5.91 Å². The predicted octanol–water partition coefficient (Wildman–Crippen LogP) is 1.15. The summed E-state index contributed by atoms with van der Waals surface area (Å²) in [6.07, 6.45) is 0. The van der Waals surface area contributed by atoms with Gasteiger partial charge in [0, 0.05) is 9.75 Å². The molecule has 4 heteroatoms. The van der Waals surface area contributed by atoms with Gasteiger partial charge in [0.05, 0.1) is 5.92 Å². The maximum absolute atomic E-state index is 11.1. The van der Waals surface area contributed by atoms with Gasteiger partial charge in [-0.1, -0.05) is 0 Å². The van der Waals surface area contributed by atoms with E-state index in [-0.39, 0.29) is 11.8 Å². The van der Waals surface area contributed by atoms with Gasteiger partial charge in [0.15, 0.2) is 0 Å². The third-order valence-electron chi connectivity index (χ3n) is 1.72. The number of hydrogen-bond acceptors (Lipinski definition) is 3. The zero-order valence-corrected chi connectivity index (χ0v) is 7.94. The Balaban J connectivity index is 2.77. The maximum Gasteiger partial charge on any atom is 0.241 e. The van der Waals surface area contributed by atoms with Crippen LogP contribution in [0, 0.1) is 6.92 Å². The zero-order chi connectivity index (χ0) is 9.14. The quantitative estimate of drug-likeness (QED) is 0.411. The SMILES string of the molecule is Cc1ccc(C(C)C(=O)NN)s1. The highest BCUT2D eigenvalue weighted by Gasteiger charge is 2.14. The standard InChI is InChI=1S/C8H12N2OS/c1-5-3-4-7(12-5)6(2)8(11)10-9/h3-4,6H,9H2,1-2H3,(H,10,11). The molecule has 0 bridgehead atoms. The van der Waals surface area contributed by atoms with Crippen LogP contribution in [-0.2, 0) is 4.79 Å². The molecule has 0 saturated heterocycles. The summed E-state index contributed by atoms with van der Waals surface area (Å²) >= 11 is 1.62. The van der Waals surface area contributed by atoms with Crippen molar-refractivity contribution in [2.45, 2.75) is 19.8 Å². The number of nitrogens with one attached hydrogen (secondary N) is 1. The lowest BCUT2D eigenvalue weighted by Crippen LogP contribution is -2.33. The largest absolute Gasteiger partial charge is 0.294 e. The van der Waals surface area contributed by atoms with Crippen LogP contribution in [0.25, 0.3) is 0 Å². The van der Waals surface area contributed by atoms with Crippen LogP contribution >= 0.6 is 11.3 Å². The van der Waals surface area contributed by atoms with Crippen molar-refractivity contribution in [1.29, 1.82) is 0 Å². The van der Waals surface area contributed by atoms with Gasteiger partial charge in [-0.15, -0.1) is 11.3 Å².